The molecular weight excluding hydrogens is 374 g/mol. The van der Waals surface area contributed by atoms with Crippen LogP contribution in [0.25, 0.3) is 21.3 Å². The number of imidazole rings is 1. The number of thiazole rings is 1. The number of benzene rings is 2. The molecule has 4 aromatic rings. The van der Waals surface area contributed by atoms with Crippen molar-refractivity contribution < 1.29 is 8.78 Å². The molecule has 4 nitrogen and oxygen atoms in total. The first-order valence-electron chi connectivity index (χ1n) is 8.05. The van der Waals surface area contributed by atoms with Crippen molar-refractivity contribution in [2.75, 3.05) is 7.05 Å². The summed E-state index contributed by atoms with van der Waals surface area (Å²) in [4.78, 5) is 6.65. The molecule has 0 fully saturated rings. The summed E-state index contributed by atoms with van der Waals surface area (Å²) in [5.41, 5.74) is 2.13. The van der Waals surface area contributed by atoms with Crippen LogP contribution in [-0.4, -0.2) is 26.1 Å². The van der Waals surface area contributed by atoms with Crippen LogP contribution in [0.2, 0.25) is 0 Å². The number of hydrogen-bond acceptors (Lipinski definition) is 4. The molecule has 2 aromatic carbocycles. The fourth-order valence-corrected chi connectivity index (χ4v) is 4.45. The van der Waals surface area contributed by atoms with Gasteiger partial charge in [0.15, 0.2) is 4.77 Å². The molecular formula is C18H16F2N4S2. The maximum absolute atomic E-state index is 13.4. The van der Waals surface area contributed by atoms with Crippen molar-refractivity contribution in [1.82, 2.24) is 19.0 Å². The Kier molecular flexibility index (Phi) is 4.56. The van der Waals surface area contributed by atoms with E-state index in [0.717, 1.165) is 19.8 Å². The van der Waals surface area contributed by atoms with Gasteiger partial charge in [0.2, 0.25) is 0 Å². The molecule has 4 rings (SSSR count). The second-order valence-corrected chi connectivity index (χ2v) is 7.56. The smallest absolute Gasteiger partial charge is 0.303 e. The van der Waals surface area contributed by atoms with Gasteiger partial charge in [-0.3, -0.25) is 9.47 Å². The minimum atomic E-state index is -2.66. The van der Waals surface area contributed by atoms with E-state index in [0.29, 0.717) is 24.2 Å². The molecule has 0 saturated heterocycles. The molecule has 26 heavy (non-hydrogen) atoms. The average Bonchev–Trinajstić information content (AvgIpc) is 3.13. The highest BCUT2D eigenvalue weighted by molar-refractivity contribution is 7.71. The van der Waals surface area contributed by atoms with Gasteiger partial charge in [-0.15, -0.1) is 11.3 Å². The van der Waals surface area contributed by atoms with Gasteiger partial charge in [-0.25, -0.2) is 4.98 Å². The zero-order chi connectivity index (χ0) is 18.3. The van der Waals surface area contributed by atoms with Gasteiger partial charge in [0, 0.05) is 0 Å². The van der Waals surface area contributed by atoms with Gasteiger partial charge in [0.1, 0.15) is 5.01 Å². The summed E-state index contributed by atoms with van der Waals surface area (Å²) in [5, 5.41) is 0.984. The maximum atomic E-state index is 13.4. The molecule has 0 aliphatic heterocycles. The lowest BCUT2D eigenvalue weighted by molar-refractivity contribution is 0.0717. The molecule has 8 heteroatoms. The molecule has 0 radical (unpaired) electrons. The molecule has 0 saturated carbocycles. The van der Waals surface area contributed by atoms with Crippen LogP contribution in [0.4, 0.5) is 8.78 Å². The molecule has 0 aliphatic carbocycles. The van der Waals surface area contributed by atoms with Gasteiger partial charge in [-0.05, 0) is 43.5 Å². The van der Waals surface area contributed by atoms with Crippen LogP contribution >= 0.6 is 23.6 Å². The lowest BCUT2D eigenvalue weighted by Crippen LogP contribution is -2.21. The number of nitrogens with zero attached hydrogens (tertiary/aromatic N) is 4. The molecule has 0 bridgehead atoms. The van der Waals surface area contributed by atoms with E-state index >= 15 is 0 Å². The van der Waals surface area contributed by atoms with E-state index in [1.807, 2.05) is 48.3 Å². The van der Waals surface area contributed by atoms with E-state index in [-0.39, 0.29) is 4.77 Å². The van der Waals surface area contributed by atoms with E-state index in [2.05, 4.69) is 4.98 Å². The van der Waals surface area contributed by atoms with Crippen molar-refractivity contribution in [3.63, 3.8) is 0 Å². The largest absolute Gasteiger partial charge is 0.321 e. The van der Waals surface area contributed by atoms with Gasteiger partial charge >= 0.3 is 6.55 Å². The first kappa shape index (κ1) is 17.3. The van der Waals surface area contributed by atoms with Crippen molar-refractivity contribution in [2.45, 2.75) is 19.8 Å². The van der Waals surface area contributed by atoms with Crippen molar-refractivity contribution in [1.29, 1.82) is 0 Å². The Morgan fingerprint density at radius 1 is 1.12 bits per heavy atom. The zero-order valence-electron chi connectivity index (χ0n) is 14.0. The highest BCUT2D eigenvalue weighted by atomic mass is 32.1. The molecule has 0 unspecified atom stereocenters. The van der Waals surface area contributed by atoms with Gasteiger partial charge in [0.25, 0.3) is 0 Å². The maximum Gasteiger partial charge on any atom is 0.321 e. The molecule has 2 aromatic heterocycles. The highest BCUT2D eigenvalue weighted by Crippen LogP contribution is 2.25. The summed E-state index contributed by atoms with van der Waals surface area (Å²) < 4.78 is 30.8. The number of fused-ring (bicyclic) bond motifs is 2. The van der Waals surface area contributed by atoms with Gasteiger partial charge in [-0.1, -0.05) is 24.3 Å². The topological polar surface area (TPSA) is 26.0 Å². The van der Waals surface area contributed by atoms with E-state index < -0.39 is 6.55 Å². The Hall–Kier alpha value is -2.16. The Balaban J connectivity index is 1.64. The quantitative estimate of drug-likeness (QED) is 0.435. The summed E-state index contributed by atoms with van der Waals surface area (Å²) >= 11 is 6.95. The van der Waals surface area contributed by atoms with Crippen LogP contribution in [0.1, 0.15) is 11.6 Å². The summed E-state index contributed by atoms with van der Waals surface area (Å²) in [7, 11) is 1.93. The molecule has 0 amide bonds. The third kappa shape index (κ3) is 3.04. The fraction of sp³-hybridized carbons (Fsp3) is 0.222. The molecule has 0 atom stereocenters. The van der Waals surface area contributed by atoms with Crippen LogP contribution < -0.4 is 0 Å². The van der Waals surface area contributed by atoms with Crippen LogP contribution in [0.15, 0.2) is 48.5 Å². The SMILES string of the molecule is CN(Cc1nc2ccccc2s1)Cn1c(=S)n(C(F)F)c2ccccc21. The van der Waals surface area contributed by atoms with E-state index in [1.165, 1.54) is 0 Å². The summed E-state index contributed by atoms with van der Waals surface area (Å²) in [5.74, 6) is 0. The molecule has 134 valence electrons. The summed E-state index contributed by atoms with van der Waals surface area (Å²) in [6, 6.07) is 15.0. The van der Waals surface area contributed by atoms with Crippen LogP contribution in [-0.2, 0) is 13.2 Å². The van der Waals surface area contributed by atoms with Crippen LogP contribution in [0, 0.1) is 4.77 Å². The molecule has 2 heterocycles. The first-order chi connectivity index (χ1) is 12.5. The van der Waals surface area contributed by atoms with Crippen molar-refractivity contribution in [3.8, 4) is 0 Å². The third-order valence-electron chi connectivity index (χ3n) is 4.19. The lowest BCUT2D eigenvalue weighted by atomic mass is 10.3. The Bertz CT molecular complexity index is 1100. The first-order valence-corrected chi connectivity index (χ1v) is 9.28. The van der Waals surface area contributed by atoms with Gasteiger partial charge in [0.05, 0.1) is 34.5 Å². The predicted octanol–water partition coefficient (Wildman–Crippen LogP) is 5.27. The van der Waals surface area contributed by atoms with E-state index in [1.54, 1.807) is 28.0 Å². The summed E-state index contributed by atoms with van der Waals surface area (Å²) in [6.45, 7) is -1.63. The normalized spacial score (nSPS) is 12.0. The van der Waals surface area contributed by atoms with Gasteiger partial charge < -0.3 is 4.57 Å². The Morgan fingerprint density at radius 3 is 2.54 bits per heavy atom. The van der Waals surface area contributed by atoms with Gasteiger partial charge in [-0.2, -0.15) is 8.78 Å². The number of rotatable bonds is 5. The van der Waals surface area contributed by atoms with Crippen LogP contribution in [0.5, 0.6) is 0 Å². The average molecular weight is 390 g/mol. The van der Waals surface area contributed by atoms with Crippen LogP contribution in [0.3, 0.4) is 0 Å². The predicted molar refractivity (Wildman–Crippen MR) is 103 cm³/mol. The summed E-state index contributed by atoms with van der Waals surface area (Å²) in [6.07, 6.45) is 0. The van der Waals surface area contributed by atoms with E-state index in [4.69, 9.17) is 12.2 Å². The fourth-order valence-electron chi connectivity index (χ4n) is 3.07. The Labute approximate surface area is 157 Å². The van der Waals surface area contributed by atoms with E-state index in [9.17, 15) is 8.78 Å². The number of aromatic nitrogens is 3. The monoisotopic (exact) mass is 390 g/mol. The number of para-hydroxylation sites is 3. The Morgan fingerprint density at radius 2 is 1.81 bits per heavy atom. The number of hydrogen-bond donors (Lipinski definition) is 0. The van der Waals surface area contributed by atoms with Crippen molar-refractivity contribution >= 4 is 44.8 Å². The molecule has 0 N–H and O–H groups in total. The number of halogens is 2. The lowest BCUT2D eigenvalue weighted by Gasteiger charge is -2.16. The van der Waals surface area contributed by atoms with Crippen molar-refractivity contribution in [3.05, 3.63) is 58.3 Å². The molecule has 0 aliphatic rings. The zero-order valence-corrected chi connectivity index (χ0v) is 15.6. The standard InChI is InChI=1S/C18H16F2N4S2/c1-22(10-16-21-12-6-2-5-9-15(12)26-16)11-23-13-7-3-4-8-14(13)24(17(19)20)18(23)25/h2-9,17H,10-11H2,1H3. The second kappa shape index (κ2) is 6.86. The minimum absolute atomic E-state index is 0.123. The minimum Gasteiger partial charge on any atom is -0.303 e. The highest BCUT2D eigenvalue weighted by Gasteiger charge is 2.17. The second-order valence-electron chi connectivity index (χ2n) is 6.08. The number of alkyl halides is 2. The van der Waals surface area contributed by atoms with Crippen molar-refractivity contribution in [2.24, 2.45) is 0 Å². The molecule has 0 spiro atoms. The third-order valence-corrected chi connectivity index (χ3v) is 5.63.